The Hall–Kier alpha value is -0.900. The fourth-order valence-corrected chi connectivity index (χ4v) is 1.38. The fraction of sp³-hybridized carbons (Fsp3) is 0.800. The molecule has 0 aromatic rings. The molecule has 1 unspecified atom stereocenters. The molecule has 0 aliphatic carbocycles. The summed E-state index contributed by atoms with van der Waals surface area (Å²) in [5.41, 5.74) is 0. The second-order valence-electron chi connectivity index (χ2n) is 3.72. The lowest BCUT2D eigenvalue weighted by molar-refractivity contribution is -0.127. The van der Waals surface area contributed by atoms with E-state index in [1.807, 2.05) is 13.8 Å². The van der Waals surface area contributed by atoms with Crippen LogP contribution in [-0.4, -0.2) is 29.9 Å². The molecule has 0 bridgehead atoms. The molecular formula is C10H17NO3. The molecule has 1 fully saturated rings. The molecule has 0 aromatic heterocycles. The summed E-state index contributed by atoms with van der Waals surface area (Å²) < 4.78 is 5.01. The minimum atomic E-state index is -0.344. The molecule has 0 saturated carbocycles. The van der Waals surface area contributed by atoms with Crippen LogP contribution in [0.15, 0.2) is 0 Å². The van der Waals surface area contributed by atoms with Gasteiger partial charge in [0.05, 0.1) is 12.1 Å². The van der Waals surface area contributed by atoms with E-state index < -0.39 is 0 Å². The van der Waals surface area contributed by atoms with Gasteiger partial charge in [-0.1, -0.05) is 13.3 Å². The predicted molar refractivity (Wildman–Crippen MR) is 51.9 cm³/mol. The summed E-state index contributed by atoms with van der Waals surface area (Å²) in [5.74, 6) is -0.153. The SMILES string of the molecule is CCC[C@H](NC(=O)[C@@H]1OC1C)C(C)=O. The number of amides is 1. The van der Waals surface area contributed by atoms with Crippen LogP contribution in [0.3, 0.4) is 0 Å². The maximum Gasteiger partial charge on any atom is 0.252 e. The number of ketones is 1. The molecule has 1 aliphatic rings. The van der Waals surface area contributed by atoms with Crippen LogP contribution in [0.4, 0.5) is 0 Å². The Balaban J connectivity index is 2.38. The smallest absolute Gasteiger partial charge is 0.252 e. The van der Waals surface area contributed by atoms with Gasteiger partial charge in [0.15, 0.2) is 11.9 Å². The third-order valence-electron chi connectivity index (χ3n) is 2.35. The van der Waals surface area contributed by atoms with Gasteiger partial charge in [0.25, 0.3) is 5.91 Å². The first kappa shape index (κ1) is 11.2. The van der Waals surface area contributed by atoms with Crippen LogP contribution >= 0.6 is 0 Å². The van der Waals surface area contributed by atoms with Gasteiger partial charge < -0.3 is 10.1 Å². The summed E-state index contributed by atoms with van der Waals surface area (Å²) in [6, 6.07) is -0.344. The van der Waals surface area contributed by atoms with E-state index >= 15 is 0 Å². The summed E-state index contributed by atoms with van der Waals surface area (Å²) in [6.07, 6.45) is 1.24. The fourth-order valence-electron chi connectivity index (χ4n) is 1.38. The number of Topliss-reactive ketones (excluding diaryl/α,β-unsaturated/α-hetero) is 1. The monoisotopic (exact) mass is 199 g/mol. The van der Waals surface area contributed by atoms with Crippen molar-refractivity contribution in [1.29, 1.82) is 0 Å². The standard InChI is InChI=1S/C10H17NO3/c1-4-5-8(6(2)12)11-10(13)9-7(3)14-9/h7-9H,4-5H2,1-3H3,(H,11,13)/t7?,8-,9+/m0/s1. The van der Waals surface area contributed by atoms with Gasteiger partial charge >= 0.3 is 0 Å². The van der Waals surface area contributed by atoms with Crippen LogP contribution in [0.2, 0.25) is 0 Å². The van der Waals surface area contributed by atoms with E-state index in [1.54, 1.807) is 0 Å². The molecule has 1 heterocycles. The van der Waals surface area contributed by atoms with Crippen molar-refractivity contribution < 1.29 is 14.3 Å². The van der Waals surface area contributed by atoms with Crippen molar-refractivity contribution in [2.75, 3.05) is 0 Å². The Morgan fingerprint density at radius 2 is 2.07 bits per heavy atom. The van der Waals surface area contributed by atoms with E-state index in [0.29, 0.717) is 6.42 Å². The minimum absolute atomic E-state index is 0.00392. The largest absolute Gasteiger partial charge is 0.359 e. The van der Waals surface area contributed by atoms with Crippen LogP contribution in [0, 0.1) is 0 Å². The van der Waals surface area contributed by atoms with Gasteiger partial charge in [0.2, 0.25) is 0 Å². The van der Waals surface area contributed by atoms with Crippen LogP contribution in [0.5, 0.6) is 0 Å². The molecule has 1 N–H and O–H groups in total. The molecule has 0 spiro atoms. The molecule has 1 saturated heterocycles. The lowest BCUT2D eigenvalue weighted by Crippen LogP contribution is -2.42. The van der Waals surface area contributed by atoms with Crippen molar-refractivity contribution in [2.45, 2.75) is 51.9 Å². The number of carbonyl (C=O) groups is 2. The molecule has 0 radical (unpaired) electrons. The first-order valence-corrected chi connectivity index (χ1v) is 5.02. The molecule has 4 nitrogen and oxygen atoms in total. The van der Waals surface area contributed by atoms with Gasteiger partial charge in [-0.15, -0.1) is 0 Å². The number of hydrogen-bond donors (Lipinski definition) is 1. The minimum Gasteiger partial charge on any atom is -0.359 e. The summed E-state index contributed by atoms with van der Waals surface area (Å²) in [7, 11) is 0. The Labute approximate surface area is 84.0 Å². The highest BCUT2D eigenvalue weighted by atomic mass is 16.6. The van der Waals surface area contributed by atoms with Crippen molar-refractivity contribution in [3.05, 3.63) is 0 Å². The zero-order valence-electron chi connectivity index (χ0n) is 8.87. The Kier molecular flexibility index (Phi) is 3.63. The maximum absolute atomic E-state index is 11.4. The molecule has 0 aromatic carbocycles. The second-order valence-corrected chi connectivity index (χ2v) is 3.72. The van der Waals surface area contributed by atoms with E-state index in [4.69, 9.17) is 4.74 Å². The van der Waals surface area contributed by atoms with Crippen LogP contribution in [0.1, 0.15) is 33.6 Å². The molecule has 4 heteroatoms. The molecule has 1 rings (SSSR count). The number of epoxide rings is 1. The maximum atomic E-state index is 11.4. The number of nitrogens with one attached hydrogen (secondary N) is 1. The average Bonchev–Trinajstić information content (AvgIpc) is 2.81. The van der Waals surface area contributed by atoms with Gasteiger partial charge in [-0.2, -0.15) is 0 Å². The summed E-state index contributed by atoms with van der Waals surface area (Å²) in [6.45, 7) is 5.32. The van der Waals surface area contributed by atoms with Gasteiger partial charge in [0, 0.05) is 0 Å². The molecule has 14 heavy (non-hydrogen) atoms. The normalized spacial score (nSPS) is 26.8. The highest BCUT2D eigenvalue weighted by Crippen LogP contribution is 2.21. The van der Waals surface area contributed by atoms with E-state index in [1.165, 1.54) is 6.92 Å². The lowest BCUT2D eigenvalue weighted by Gasteiger charge is -2.13. The Bertz CT molecular complexity index is 240. The molecule has 1 amide bonds. The van der Waals surface area contributed by atoms with Crippen LogP contribution in [0.25, 0.3) is 0 Å². The van der Waals surface area contributed by atoms with Crippen molar-refractivity contribution in [3.8, 4) is 0 Å². The van der Waals surface area contributed by atoms with E-state index in [0.717, 1.165) is 6.42 Å². The Morgan fingerprint density at radius 3 is 2.43 bits per heavy atom. The molecule has 80 valence electrons. The van der Waals surface area contributed by atoms with Crippen molar-refractivity contribution >= 4 is 11.7 Å². The van der Waals surface area contributed by atoms with Crippen molar-refractivity contribution in [3.63, 3.8) is 0 Å². The van der Waals surface area contributed by atoms with E-state index in [-0.39, 0.29) is 29.9 Å². The van der Waals surface area contributed by atoms with E-state index in [9.17, 15) is 9.59 Å². The Morgan fingerprint density at radius 1 is 1.50 bits per heavy atom. The van der Waals surface area contributed by atoms with Crippen LogP contribution in [-0.2, 0) is 14.3 Å². The zero-order valence-corrected chi connectivity index (χ0v) is 8.87. The third-order valence-corrected chi connectivity index (χ3v) is 2.35. The van der Waals surface area contributed by atoms with Crippen molar-refractivity contribution in [2.24, 2.45) is 0 Å². The summed E-state index contributed by atoms with van der Waals surface area (Å²) in [5, 5.41) is 2.70. The number of hydrogen-bond acceptors (Lipinski definition) is 3. The van der Waals surface area contributed by atoms with Gasteiger partial charge in [0.1, 0.15) is 0 Å². The van der Waals surface area contributed by atoms with Gasteiger partial charge in [-0.3, -0.25) is 9.59 Å². The second kappa shape index (κ2) is 4.55. The quantitative estimate of drug-likeness (QED) is 0.661. The van der Waals surface area contributed by atoms with E-state index in [2.05, 4.69) is 5.32 Å². The first-order valence-electron chi connectivity index (χ1n) is 5.02. The zero-order chi connectivity index (χ0) is 10.7. The number of ether oxygens (including phenoxy) is 1. The molecule has 1 aliphatic heterocycles. The number of rotatable bonds is 5. The summed E-state index contributed by atoms with van der Waals surface area (Å²) in [4.78, 5) is 22.6. The van der Waals surface area contributed by atoms with Crippen LogP contribution < -0.4 is 5.32 Å². The highest BCUT2D eigenvalue weighted by Gasteiger charge is 2.41. The first-order chi connectivity index (χ1) is 6.56. The third kappa shape index (κ3) is 2.80. The predicted octanol–water partition coefficient (Wildman–Crippen LogP) is 0.648. The van der Waals surface area contributed by atoms with Gasteiger partial charge in [-0.05, 0) is 20.3 Å². The summed E-state index contributed by atoms with van der Waals surface area (Å²) >= 11 is 0. The topological polar surface area (TPSA) is 58.7 Å². The lowest BCUT2D eigenvalue weighted by atomic mass is 10.1. The van der Waals surface area contributed by atoms with Crippen molar-refractivity contribution in [1.82, 2.24) is 5.32 Å². The average molecular weight is 199 g/mol. The molecular weight excluding hydrogens is 182 g/mol. The number of carbonyl (C=O) groups excluding carboxylic acids is 2. The van der Waals surface area contributed by atoms with Gasteiger partial charge in [-0.25, -0.2) is 0 Å². The molecule has 3 atom stereocenters. The highest BCUT2D eigenvalue weighted by molar-refractivity contribution is 5.90.